The Labute approximate surface area is 728 Å². The molecular weight excluding hydrogens is 1490 g/mol. The fourth-order valence-electron chi connectivity index (χ4n) is 18.3. The number of nitrogens with zero attached hydrogens (tertiary/aromatic N) is 2. The summed E-state index contributed by atoms with van der Waals surface area (Å²) in [4.78, 5) is 4.71. The Morgan fingerprint density at radius 2 is 0.639 bits per heavy atom. The summed E-state index contributed by atoms with van der Waals surface area (Å²) in [6, 6.07) is 143. The van der Waals surface area contributed by atoms with Gasteiger partial charge in [0.15, 0.2) is 0 Å². The van der Waals surface area contributed by atoms with Crippen molar-refractivity contribution in [1.29, 1.82) is 0 Å². The lowest BCUT2D eigenvalue weighted by atomic mass is 9.34. The van der Waals surface area contributed by atoms with Gasteiger partial charge in [-0.25, -0.2) is 0 Å². The zero-order chi connectivity index (χ0) is 87.5. The molecule has 0 atom stereocenters. The van der Waals surface area contributed by atoms with E-state index < -0.39 is 24.2 Å². The van der Waals surface area contributed by atoms with Crippen molar-refractivity contribution in [3.63, 3.8) is 0 Å². The van der Waals surface area contributed by atoms with Crippen molar-refractivity contribution >= 4 is 73.7 Å². The predicted octanol–water partition coefficient (Wildman–Crippen LogP) is 30.5. The van der Waals surface area contributed by atoms with Gasteiger partial charge in [0, 0.05) is 48.8 Å². The number of para-hydroxylation sites is 1. The van der Waals surface area contributed by atoms with Crippen LogP contribution in [-0.2, 0) is 5.41 Å². The molecule has 22 rings (SSSR count). The molecule has 0 saturated heterocycles. The van der Waals surface area contributed by atoms with Gasteiger partial charge in [0.05, 0.1) is 26.3 Å². The van der Waals surface area contributed by atoms with E-state index in [0.717, 1.165) is 182 Å². The molecule has 0 bridgehead atoms. The molecule has 0 N–H and O–H groups in total. The van der Waals surface area contributed by atoms with Crippen LogP contribution in [0.3, 0.4) is 0 Å². The predicted molar refractivity (Wildman–Crippen MR) is 520 cm³/mol. The molecule has 0 fully saturated rings. The maximum Gasteiger partial charge on any atom is 0.249 e. The molecule has 3 heterocycles. The quantitative estimate of drug-likeness (QED) is 0.0946. The highest BCUT2D eigenvalue weighted by Crippen LogP contribution is 2.54. The van der Waals surface area contributed by atoms with Gasteiger partial charge in [-0.15, -0.1) is 0 Å². The normalized spacial score (nSPS) is 13.0. The highest BCUT2D eigenvalue weighted by Gasteiger charge is 2.45. The standard InChI is InChI=1S/C118H83BN2S/c1-118(2,3)101-75-113-115-114(76-101)122-117-106(100-68-95(83-41-22-9-23-42-83)65-96(69-100)84-43-24-10-25-44-84)73-99(97-66-93(81-37-18-7-19-38-81)64-94(67-97)82-39-20-8-21-40-82)74-109(117)119(115)108-61-60-102(120-110-50-29-28-49-103(110)107-70-92(59-62-111(107)120)91-48-30-47-90(63-91)80-35-16-6-17-36-80)77-112(108)121(113)116-104(88-55-51-86(52-56-88)78-31-12-4-13-32-78)71-98(85-45-26-11-27-46-85)72-105(116)89-57-53-87(54-58-89)79-33-14-5-15-34-79/h4-77H,1-3H3/i28D,29D,49D,50D,59D,62D,70D. The van der Waals surface area contributed by atoms with Crippen LogP contribution in [0.15, 0.2) is 459 Å². The Hall–Kier alpha value is -14.8. The van der Waals surface area contributed by atoms with Crippen LogP contribution in [0.25, 0.3) is 172 Å². The molecule has 0 radical (unpaired) electrons. The molecule has 1 aromatic heterocycles. The van der Waals surface area contributed by atoms with Crippen molar-refractivity contribution in [3.05, 3.63) is 454 Å². The van der Waals surface area contributed by atoms with E-state index in [2.05, 4.69) is 378 Å². The molecule has 2 aliphatic heterocycles. The van der Waals surface area contributed by atoms with E-state index in [9.17, 15) is 9.60 Å². The van der Waals surface area contributed by atoms with Gasteiger partial charge in [-0.1, -0.05) is 384 Å². The number of hydrogen-bond acceptors (Lipinski definition) is 2. The maximum atomic E-state index is 10.7. The molecule has 2 nitrogen and oxygen atoms in total. The molecule has 122 heavy (non-hydrogen) atoms. The molecule has 0 aliphatic carbocycles. The molecule has 19 aromatic carbocycles. The van der Waals surface area contributed by atoms with Crippen LogP contribution >= 0.6 is 11.8 Å². The van der Waals surface area contributed by atoms with Crippen molar-refractivity contribution in [2.75, 3.05) is 4.90 Å². The first-order valence-electron chi connectivity index (χ1n) is 45.3. The monoisotopic (exact) mass is 1580 g/mol. The first kappa shape index (κ1) is 66.1. The van der Waals surface area contributed by atoms with E-state index in [-0.39, 0.29) is 57.6 Å². The highest BCUT2D eigenvalue weighted by atomic mass is 32.2. The highest BCUT2D eigenvalue weighted by molar-refractivity contribution is 8.00. The van der Waals surface area contributed by atoms with Crippen LogP contribution in [0, 0.1) is 0 Å². The van der Waals surface area contributed by atoms with Gasteiger partial charge in [-0.2, -0.15) is 0 Å². The minimum absolute atomic E-state index is 0.0881. The van der Waals surface area contributed by atoms with E-state index in [1.54, 1.807) is 4.57 Å². The largest absolute Gasteiger partial charge is 0.310 e. The number of rotatable bonds is 15. The SMILES string of the molecule is [2H]c1c([2H])c([2H])c2c(c1[2H])c1c([2H])c(-c3cccc(-c4ccccc4)c3)c([2H])c([2H])c1n2-c1ccc2c(c1)N(c1c(-c3ccc(-c4ccccc4)cc3)cc(-c3ccccc3)cc1-c1ccc(-c3ccccc3)cc1)c1cc(C(C)(C)C)cc3c1B2c1cc(-c2cc(-c4ccccc4)cc(-c4ccccc4)c2)cc(-c2cc(-c4ccccc4)cc(-c4ccccc4)c2)c1S3. The number of benzene rings is 19. The van der Waals surface area contributed by atoms with Crippen molar-refractivity contribution in [2.45, 2.75) is 36.0 Å². The summed E-state index contributed by atoms with van der Waals surface area (Å²) in [5, 5.41) is 0.235. The Balaban J connectivity index is 0.891. The Kier molecular flexibility index (Phi) is 16.7. The number of anilines is 3. The van der Waals surface area contributed by atoms with E-state index in [0.29, 0.717) is 11.3 Å². The zero-order valence-electron chi connectivity index (χ0n) is 74.6. The minimum atomic E-state index is -0.516. The van der Waals surface area contributed by atoms with Gasteiger partial charge in [0.1, 0.15) is 0 Å². The van der Waals surface area contributed by atoms with Crippen LogP contribution in [0.4, 0.5) is 17.1 Å². The van der Waals surface area contributed by atoms with Crippen LogP contribution in [0.1, 0.15) is 35.9 Å². The van der Waals surface area contributed by atoms with Crippen LogP contribution in [-0.4, -0.2) is 11.3 Å². The minimum Gasteiger partial charge on any atom is -0.310 e. The first-order valence-corrected chi connectivity index (χ1v) is 42.6. The Bertz CT molecular complexity index is 7610. The Morgan fingerprint density at radius 3 is 1.11 bits per heavy atom. The van der Waals surface area contributed by atoms with E-state index in [1.807, 2.05) is 66.4 Å². The molecule has 20 aromatic rings. The smallest absolute Gasteiger partial charge is 0.249 e. The zero-order valence-corrected chi connectivity index (χ0v) is 68.4. The van der Waals surface area contributed by atoms with Gasteiger partial charge in [0.2, 0.25) is 6.71 Å². The lowest BCUT2D eigenvalue weighted by Gasteiger charge is -2.43. The van der Waals surface area contributed by atoms with Crippen molar-refractivity contribution < 1.29 is 9.60 Å². The summed E-state index contributed by atoms with van der Waals surface area (Å²) in [7, 11) is 0. The topological polar surface area (TPSA) is 8.17 Å². The fraction of sp³-hybridized carbons (Fsp3) is 0.0339. The molecule has 574 valence electrons. The third-order valence-electron chi connectivity index (χ3n) is 24.4. The average molecular weight is 1580 g/mol. The van der Waals surface area contributed by atoms with Gasteiger partial charge in [-0.3, -0.25) is 0 Å². The summed E-state index contributed by atoms with van der Waals surface area (Å²) in [6.45, 7) is 6.38. The fourth-order valence-corrected chi connectivity index (χ4v) is 19.6. The van der Waals surface area contributed by atoms with Gasteiger partial charge in [-0.05, 0) is 258 Å². The van der Waals surface area contributed by atoms with Crippen LogP contribution in [0.5, 0.6) is 0 Å². The second-order valence-electron chi connectivity index (χ2n) is 32.9. The number of fused-ring (bicyclic) bond motifs is 7. The summed E-state index contributed by atoms with van der Waals surface area (Å²) < 4.78 is 73.0. The molecule has 0 spiro atoms. The molecule has 0 amide bonds. The van der Waals surface area contributed by atoms with E-state index >= 15 is 0 Å². The second kappa shape index (κ2) is 30.8. The van der Waals surface area contributed by atoms with Gasteiger partial charge < -0.3 is 9.47 Å². The molecule has 0 saturated carbocycles. The molecular formula is C118H83BN2S. The molecule has 0 unspecified atom stereocenters. The van der Waals surface area contributed by atoms with E-state index in [4.69, 9.17) is 0 Å². The van der Waals surface area contributed by atoms with Crippen molar-refractivity contribution in [2.24, 2.45) is 0 Å². The summed E-state index contributed by atoms with van der Waals surface area (Å²) in [6.07, 6.45) is 0. The van der Waals surface area contributed by atoms with Crippen molar-refractivity contribution in [1.82, 2.24) is 4.57 Å². The number of aromatic nitrogens is 1. The third-order valence-corrected chi connectivity index (χ3v) is 25.6. The average Bonchev–Trinajstić information content (AvgIpc) is 1.53. The first-order chi connectivity index (χ1) is 63.0. The number of hydrogen-bond donors (Lipinski definition) is 0. The molecule has 4 heteroatoms. The van der Waals surface area contributed by atoms with Crippen LogP contribution in [0.2, 0.25) is 0 Å². The third kappa shape index (κ3) is 13.6. The van der Waals surface area contributed by atoms with Crippen LogP contribution < -0.4 is 21.3 Å². The lowest BCUT2D eigenvalue weighted by molar-refractivity contribution is 0.589. The van der Waals surface area contributed by atoms with Gasteiger partial charge >= 0.3 is 0 Å². The summed E-state index contributed by atoms with van der Waals surface area (Å²) in [5.41, 5.74) is 32.6. The van der Waals surface area contributed by atoms with Gasteiger partial charge in [0.25, 0.3) is 0 Å². The molecule has 2 aliphatic rings. The maximum absolute atomic E-state index is 10.7. The second-order valence-corrected chi connectivity index (χ2v) is 34.0. The Morgan fingerprint density at radius 1 is 0.270 bits per heavy atom. The lowest BCUT2D eigenvalue weighted by Crippen LogP contribution is -2.60. The van der Waals surface area contributed by atoms with E-state index in [1.165, 1.54) is 0 Å². The van der Waals surface area contributed by atoms with Crippen molar-refractivity contribution in [3.8, 4) is 150 Å². The summed E-state index contributed by atoms with van der Waals surface area (Å²) >= 11 is 1.83. The summed E-state index contributed by atoms with van der Waals surface area (Å²) in [5.74, 6) is 0.